The Hall–Kier alpha value is -5.88. The number of nitro groups is 2. The molecule has 0 N–H and O–H groups in total. The number of allylic oxidation sites excluding steroid dienone is 1. The molecule has 5 aromatic rings. The average molecular weight is 647 g/mol. The summed E-state index contributed by atoms with van der Waals surface area (Å²) in [6, 6.07) is 25.7. The summed E-state index contributed by atoms with van der Waals surface area (Å²) < 4.78 is 13.2. The molecule has 234 valence electrons. The number of non-ortho nitro benzene ring substituents is 1. The van der Waals surface area contributed by atoms with Crippen molar-refractivity contribution in [2.24, 2.45) is 4.99 Å². The number of ether oxygens (including phenoxy) is 2. The minimum atomic E-state index is -0.644. The van der Waals surface area contributed by atoms with E-state index in [4.69, 9.17) is 14.5 Å². The Morgan fingerprint density at radius 1 is 0.936 bits per heavy atom. The number of hydrogen-bond donors (Lipinski definition) is 0. The number of rotatable bonds is 8. The molecule has 2 heterocycles. The van der Waals surface area contributed by atoms with Crippen molar-refractivity contribution in [3.8, 4) is 11.5 Å². The molecule has 1 aromatic heterocycles. The molecule has 0 radical (unpaired) electrons. The van der Waals surface area contributed by atoms with Crippen LogP contribution in [0.25, 0.3) is 11.8 Å². The molecule has 0 saturated carbocycles. The maximum atomic E-state index is 14.2. The highest BCUT2D eigenvalue weighted by molar-refractivity contribution is 7.07. The minimum Gasteiger partial charge on any atom is -0.493 e. The standard InChI is InChI=1S/C35H26N4O7S/c1-45-29-17-24(28(39(43)44)19-30(29)46-20-21-8-3-2-4-9-21)18-31-34(40)37-33(23-11-7-12-25(16-23)38(41)42)27-15-14-22-10-5-6-13-26(22)32(27)36-35(37)47-31/h2-13,16-19,33H,14-15,20H2,1H3/b31-18+/t33-/m0/s1. The summed E-state index contributed by atoms with van der Waals surface area (Å²) in [6.45, 7) is 0.178. The third-order valence-corrected chi connectivity index (χ3v) is 9.29. The zero-order valence-electron chi connectivity index (χ0n) is 25.0. The van der Waals surface area contributed by atoms with Gasteiger partial charge in [-0.25, -0.2) is 4.99 Å². The lowest BCUT2D eigenvalue weighted by molar-refractivity contribution is -0.385. The van der Waals surface area contributed by atoms with Crippen LogP contribution in [-0.4, -0.2) is 21.5 Å². The third-order valence-electron chi connectivity index (χ3n) is 8.30. The van der Waals surface area contributed by atoms with Crippen molar-refractivity contribution in [1.82, 2.24) is 4.57 Å². The molecule has 1 atom stereocenters. The molecule has 4 aromatic carbocycles. The molecule has 12 heteroatoms. The van der Waals surface area contributed by atoms with Crippen LogP contribution in [0.4, 0.5) is 11.4 Å². The molecule has 1 aliphatic heterocycles. The van der Waals surface area contributed by atoms with Gasteiger partial charge in [0.25, 0.3) is 16.9 Å². The van der Waals surface area contributed by atoms with Crippen molar-refractivity contribution < 1.29 is 19.3 Å². The number of methoxy groups -OCH3 is 1. The van der Waals surface area contributed by atoms with Gasteiger partial charge < -0.3 is 9.47 Å². The van der Waals surface area contributed by atoms with Gasteiger partial charge in [0.2, 0.25) is 0 Å². The Bertz CT molecular complexity index is 2290. The van der Waals surface area contributed by atoms with Crippen LogP contribution in [0, 0.1) is 20.2 Å². The molecular formula is C35H26N4O7S. The lowest BCUT2D eigenvalue weighted by atomic mass is 9.83. The van der Waals surface area contributed by atoms with E-state index in [9.17, 15) is 25.0 Å². The Kier molecular flexibility index (Phi) is 7.70. The number of nitro benzene ring substituents is 2. The molecule has 1 aliphatic carbocycles. The van der Waals surface area contributed by atoms with E-state index < -0.39 is 21.4 Å². The highest BCUT2D eigenvalue weighted by Gasteiger charge is 2.33. The van der Waals surface area contributed by atoms with E-state index in [1.54, 1.807) is 16.7 Å². The first-order valence-corrected chi connectivity index (χ1v) is 15.5. The molecule has 7 rings (SSSR count). The fourth-order valence-electron chi connectivity index (χ4n) is 6.12. The van der Waals surface area contributed by atoms with Gasteiger partial charge in [0, 0.05) is 17.7 Å². The van der Waals surface area contributed by atoms with Crippen molar-refractivity contribution in [2.75, 3.05) is 7.11 Å². The van der Waals surface area contributed by atoms with Crippen molar-refractivity contribution in [2.45, 2.75) is 25.5 Å². The van der Waals surface area contributed by atoms with E-state index in [0.717, 1.165) is 45.7 Å². The van der Waals surface area contributed by atoms with Crippen LogP contribution in [-0.2, 0) is 13.0 Å². The number of fused-ring (bicyclic) bond motifs is 3. The van der Waals surface area contributed by atoms with Gasteiger partial charge in [0.1, 0.15) is 6.61 Å². The second-order valence-electron chi connectivity index (χ2n) is 11.1. The molecule has 2 aliphatic rings. The second kappa shape index (κ2) is 12.1. The van der Waals surface area contributed by atoms with E-state index >= 15 is 0 Å². The fraction of sp³-hybridized carbons (Fsp3) is 0.143. The first kappa shape index (κ1) is 29.8. The summed E-state index contributed by atoms with van der Waals surface area (Å²) in [5.74, 6) is 0.464. The molecule has 47 heavy (non-hydrogen) atoms. The van der Waals surface area contributed by atoms with Crippen LogP contribution in [0.15, 0.2) is 106 Å². The summed E-state index contributed by atoms with van der Waals surface area (Å²) in [5, 5.41) is 24.0. The van der Waals surface area contributed by atoms with Gasteiger partial charge in [-0.15, -0.1) is 0 Å². The van der Waals surface area contributed by atoms with E-state index in [1.165, 1.54) is 37.5 Å². The van der Waals surface area contributed by atoms with Gasteiger partial charge in [0.15, 0.2) is 16.3 Å². The van der Waals surface area contributed by atoms with Gasteiger partial charge in [-0.05, 0) is 47.2 Å². The van der Waals surface area contributed by atoms with Crippen LogP contribution in [0.2, 0.25) is 0 Å². The lowest BCUT2D eigenvalue weighted by Crippen LogP contribution is -2.38. The van der Waals surface area contributed by atoms with Gasteiger partial charge in [-0.2, -0.15) is 0 Å². The van der Waals surface area contributed by atoms with Crippen LogP contribution < -0.4 is 24.4 Å². The number of aryl methyl sites for hydroxylation is 1. The third kappa shape index (κ3) is 5.48. The van der Waals surface area contributed by atoms with Gasteiger partial charge in [0.05, 0.1) is 44.9 Å². The van der Waals surface area contributed by atoms with Crippen molar-refractivity contribution in [3.05, 3.63) is 164 Å². The molecule has 0 bridgehead atoms. The van der Waals surface area contributed by atoms with Crippen LogP contribution in [0.3, 0.4) is 0 Å². The van der Waals surface area contributed by atoms with Crippen molar-refractivity contribution in [3.63, 3.8) is 0 Å². The number of benzene rings is 4. The first-order valence-electron chi connectivity index (χ1n) is 14.7. The summed E-state index contributed by atoms with van der Waals surface area (Å²) in [7, 11) is 1.44. The second-order valence-corrected chi connectivity index (χ2v) is 12.1. The number of nitrogens with zero attached hydrogens (tertiary/aromatic N) is 4. The molecule has 0 spiro atoms. The number of hydrogen-bond acceptors (Lipinski definition) is 9. The van der Waals surface area contributed by atoms with Crippen molar-refractivity contribution in [1.29, 1.82) is 0 Å². The maximum absolute atomic E-state index is 14.2. The Morgan fingerprint density at radius 2 is 1.72 bits per heavy atom. The van der Waals surface area contributed by atoms with E-state index in [-0.39, 0.29) is 39.6 Å². The summed E-state index contributed by atoms with van der Waals surface area (Å²) in [4.78, 5) is 42.5. The van der Waals surface area contributed by atoms with Gasteiger partial charge >= 0.3 is 0 Å². The molecule has 0 amide bonds. The lowest BCUT2D eigenvalue weighted by Gasteiger charge is -2.30. The molecule has 0 unspecified atom stereocenters. The molecule has 11 nitrogen and oxygen atoms in total. The van der Waals surface area contributed by atoms with E-state index in [2.05, 4.69) is 0 Å². The Morgan fingerprint density at radius 3 is 2.49 bits per heavy atom. The normalized spacial score (nSPS) is 15.3. The Balaban J connectivity index is 1.39. The van der Waals surface area contributed by atoms with Crippen LogP contribution in [0.1, 0.15) is 40.3 Å². The maximum Gasteiger partial charge on any atom is 0.280 e. The SMILES string of the molecule is COc1cc(/C=c2/sc3n(c2=O)[C@@H](c2cccc([N+](=O)[O-])c2)C2=C(N=3)c3ccccc3CC2)c([N+](=O)[O-])cc1OCc1ccccc1. The quantitative estimate of drug-likeness (QED) is 0.155. The smallest absolute Gasteiger partial charge is 0.280 e. The Labute approximate surface area is 271 Å². The van der Waals surface area contributed by atoms with Crippen molar-refractivity contribution >= 4 is 34.5 Å². The minimum absolute atomic E-state index is 0.0859. The van der Waals surface area contributed by atoms with Crippen LogP contribution >= 0.6 is 11.3 Å². The number of aromatic nitrogens is 1. The largest absolute Gasteiger partial charge is 0.493 e. The summed E-state index contributed by atoms with van der Waals surface area (Å²) >= 11 is 1.11. The average Bonchev–Trinajstić information content (AvgIpc) is 3.40. The summed E-state index contributed by atoms with van der Waals surface area (Å²) in [6.07, 6.45) is 2.80. The van der Waals surface area contributed by atoms with Crippen LogP contribution in [0.5, 0.6) is 11.5 Å². The fourth-order valence-corrected chi connectivity index (χ4v) is 7.11. The molecular weight excluding hydrogens is 620 g/mol. The number of thiazole rings is 1. The predicted molar refractivity (Wildman–Crippen MR) is 176 cm³/mol. The molecule has 0 saturated heterocycles. The highest BCUT2D eigenvalue weighted by Crippen LogP contribution is 2.42. The summed E-state index contributed by atoms with van der Waals surface area (Å²) in [5.41, 5.74) is 4.57. The zero-order valence-corrected chi connectivity index (χ0v) is 25.8. The highest BCUT2D eigenvalue weighted by atomic mass is 32.1. The van der Waals surface area contributed by atoms with E-state index in [1.807, 2.05) is 54.6 Å². The predicted octanol–water partition coefficient (Wildman–Crippen LogP) is 5.72. The topological polar surface area (TPSA) is 139 Å². The zero-order chi connectivity index (χ0) is 32.7. The van der Waals surface area contributed by atoms with E-state index in [0.29, 0.717) is 16.8 Å². The monoisotopic (exact) mass is 646 g/mol. The van der Waals surface area contributed by atoms with Gasteiger partial charge in [-0.3, -0.25) is 29.6 Å². The molecule has 0 fully saturated rings. The first-order chi connectivity index (χ1) is 22.8. The van der Waals surface area contributed by atoms with Gasteiger partial charge in [-0.1, -0.05) is 78.1 Å².